The highest BCUT2D eigenvalue weighted by atomic mass is 16.5. The molecule has 1 heterocycles. The Morgan fingerprint density at radius 3 is 2.94 bits per heavy atom. The van der Waals surface area contributed by atoms with Gasteiger partial charge in [-0.2, -0.15) is 0 Å². The Balaban J connectivity index is 2.20. The molecule has 1 aromatic carbocycles. The van der Waals surface area contributed by atoms with Crippen LogP contribution in [-0.4, -0.2) is 17.2 Å². The molecule has 1 aromatic heterocycles. The molecule has 0 aliphatic rings. The standard InChI is InChI=1S/C14H15NO3/c1-17-10-11-3-2-4-13(7-11)18-14-8-15-6-5-12(14)9-16/h2-8,16H,9-10H2,1H3. The molecule has 0 atom stereocenters. The maximum absolute atomic E-state index is 9.21. The molecule has 0 bridgehead atoms. The monoisotopic (exact) mass is 245 g/mol. The van der Waals surface area contributed by atoms with E-state index < -0.39 is 0 Å². The molecule has 0 saturated carbocycles. The Bertz CT molecular complexity index is 514. The summed E-state index contributed by atoms with van der Waals surface area (Å²) in [6.07, 6.45) is 3.22. The number of hydrogen-bond acceptors (Lipinski definition) is 4. The maximum atomic E-state index is 9.21. The predicted molar refractivity (Wildman–Crippen MR) is 67.4 cm³/mol. The highest BCUT2D eigenvalue weighted by Crippen LogP contribution is 2.25. The van der Waals surface area contributed by atoms with Gasteiger partial charge < -0.3 is 14.6 Å². The molecule has 0 spiro atoms. The third kappa shape index (κ3) is 3.06. The summed E-state index contributed by atoms with van der Waals surface area (Å²) in [5.74, 6) is 1.27. The lowest BCUT2D eigenvalue weighted by molar-refractivity contribution is 0.184. The molecule has 4 heteroatoms. The molecule has 2 rings (SSSR count). The molecule has 18 heavy (non-hydrogen) atoms. The van der Waals surface area contributed by atoms with Gasteiger partial charge in [0.2, 0.25) is 0 Å². The molecule has 4 nitrogen and oxygen atoms in total. The van der Waals surface area contributed by atoms with Gasteiger partial charge in [0, 0.05) is 18.9 Å². The van der Waals surface area contributed by atoms with E-state index in [-0.39, 0.29) is 6.61 Å². The van der Waals surface area contributed by atoms with E-state index >= 15 is 0 Å². The summed E-state index contributed by atoms with van der Waals surface area (Å²) in [5, 5.41) is 9.21. The van der Waals surface area contributed by atoms with Crippen LogP contribution < -0.4 is 4.74 Å². The molecule has 0 aliphatic carbocycles. The van der Waals surface area contributed by atoms with Gasteiger partial charge in [-0.15, -0.1) is 0 Å². The summed E-state index contributed by atoms with van der Waals surface area (Å²) in [5.41, 5.74) is 1.74. The second-order valence-corrected chi connectivity index (χ2v) is 3.82. The van der Waals surface area contributed by atoms with E-state index in [1.54, 1.807) is 25.6 Å². The molecule has 1 N–H and O–H groups in total. The minimum Gasteiger partial charge on any atom is -0.455 e. The zero-order chi connectivity index (χ0) is 12.8. The Morgan fingerprint density at radius 1 is 1.28 bits per heavy atom. The SMILES string of the molecule is COCc1cccc(Oc2cnccc2CO)c1. The highest BCUT2D eigenvalue weighted by Gasteiger charge is 2.04. The van der Waals surface area contributed by atoms with Crippen LogP contribution in [0.3, 0.4) is 0 Å². The Labute approximate surface area is 106 Å². The normalized spacial score (nSPS) is 10.3. The first-order valence-electron chi connectivity index (χ1n) is 5.63. The fraction of sp³-hybridized carbons (Fsp3) is 0.214. The van der Waals surface area contributed by atoms with Crippen LogP contribution in [0.1, 0.15) is 11.1 Å². The van der Waals surface area contributed by atoms with Gasteiger partial charge in [0.05, 0.1) is 19.4 Å². The van der Waals surface area contributed by atoms with Gasteiger partial charge in [-0.3, -0.25) is 4.98 Å². The van der Waals surface area contributed by atoms with E-state index in [2.05, 4.69) is 4.98 Å². The van der Waals surface area contributed by atoms with Crippen LogP contribution in [0.4, 0.5) is 0 Å². The summed E-state index contributed by atoms with van der Waals surface area (Å²) in [4.78, 5) is 3.99. The third-order valence-electron chi connectivity index (χ3n) is 2.48. The molecule has 2 aromatic rings. The second-order valence-electron chi connectivity index (χ2n) is 3.82. The molecule has 0 fully saturated rings. The van der Waals surface area contributed by atoms with Crippen molar-refractivity contribution in [3.05, 3.63) is 53.9 Å². The van der Waals surface area contributed by atoms with Crippen LogP contribution >= 0.6 is 0 Å². The number of rotatable bonds is 5. The van der Waals surface area contributed by atoms with E-state index in [1.165, 1.54) is 0 Å². The largest absolute Gasteiger partial charge is 0.455 e. The fourth-order valence-electron chi connectivity index (χ4n) is 1.62. The van der Waals surface area contributed by atoms with E-state index in [0.717, 1.165) is 5.56 Å². The number of pyridine rings is 1. The van der Waals surface area contributed by atoms with Crippen molar-refractivity contribution >= 4 is 0 Å². The average molecular weight is 245 g/mol. The summed E-state index contributed by atoms with van der Waals surface area (Å²) in [7, 11) is 1.65. The van der Waals surface area contributed by atoms with Crippen molar-refractivity contribution in [3.63, 3.8) is 0 Å². The van der Waals surface area contributed by atoms with Crippen molar-refractivity contribution in [2.24, 2.45) is 0 Å². The molecular formula is C14H15NO3. The number of methoxy groups -OCH3 is 1. The number of benzene rings is 1. The zero-order valence-electron chi connectivity index (χ0n) is 10.2. The first-order chi connectivity index (χ1) is 8.83. The number of aliphatic hydroxyl groups excluding tert-OH is 1. The second kappa shape index (κ2) is 6.14. The van der Waals surface area contributed by atoms with Crippen LogP contribution in [0, 0.1) is 0 Å². The van der Waals surface area contributed by atoms with Crippen molar-refractivity contribution in [2.75, 3.05) is 7.11 Å². The van der Waals surface area contributed by atoms with Gasteiger partial charge in [-0.1, -0.05) is 12.1 Å². The first-order valence-corrected chi connectivity index (χ1v) is 5.63. The molecule has 0 aliphatic heterocycles. The summed E-state index contributed by atoms with van der Waals surface area (Å²) < 4.78 is 10.8. The summed E-state index contributed by atoms with van der Waals surface area (Å²) in [6, 6.07) is 9.35. The lowest BCUT2D eigenvalue weighted by Gasteiger charge is -2.09. The zero-order valence-corrected chi connectivity index (χ0v) is 10.2. The van der Waals surface area contributed by atoms with E-state index in [0.29, 0.717) is 23.7 Å². The Hall–Kier alpha value is -1.91. The molecular weight excluding hydrogens is 230 g/mol. The maximum Gasteiger partial charge on any atom is 0.151 e. The van der Waals surface area contributed by atoms with Crippen LogP contribution in [-0.2, 0) is 18.0 Å². The van der Waals surface area contributed by atoms with Crippen molar-refractivity contribution < 1.29 is 14.6 Å². The van der Waals surface area contributed by atoms with Gasteiger partial charge >= 0.3 is 0 Å². The van der Waals surface area contributed by atoms with Gasteiger partial charge in [0.15, 0.2) is 5.75 Å². The number of ether oxygens (including phenoxy) is 2. The van der Waals surface area contributed by atoms with Crippen molar-refractivity contribution in [3.8, 4) is 11.5 Å². The molecule has 0 radical (unpaired) electrons. The van der Waals surface area contributed by atoms with Gasteiger partial charge in [0.1, 0.15) is 5.75 Å². The van der Waals surface area contributed by atoms with E-state index in [4.69, 9.17) is 9.47 Å². The topological polar surface area (TPSA) is 51.6 Å². The van der Waals surface area contributed by atoms with E-state index in [1.807, 2.05) is 24.3 Å². The summed E-state index contributed by atoms with van der Waals surface area (Å²) >= 11 is 0. The minimum atomic E-state index is -0.0738. The quantitative estimate of drug-likeness (QED) is 0.879. The van der Waals surface area contributed by atoms with Crippen molar-refractivity contribution in [1.82, 2.24) is 4.98 Å². The average Bonchev–Trinajstić information content (AvgIpc) is 2.40. The van der Waals surface area contributed by atoms with Gasteiger partial charge in [-0.25, -0.2) is 0 Å². The van der Waals surface area contributed by atoms with E-state index in [9.17, 15) is 5.11 Å². The third-order valence-corrected chi connectivity index (χ3v) is 2.48. The van der Waals surface area contributed by atoms with Crippen molar-refractivity contribution in [2.45, 2.75) is 13.2 Å². The number of nitrogens with zero attached hydrogens (tertiary/aromatic N) is 1. The lowest BCUT2D eigenvalue weighted by Crippen LogP contribution is -1.94. The van der Waals surface area contributed by atoms with Crippen LogP contribution in [0.5, 0.6) is 11.5 Å². The molecule has 0 amide bonds. The number of hydrogen-bond donors (Lipinski definition) is 1. The fourth-order valence-corrected chi connectivity index (χ4v) is 1.62. The minimum absolute atomic E-state index is 0.0738. The Morgan fingerprint density at radius 2 is 2.17 bits per heavy atom. The molecule has 94 valence electrons. The lowest BCUT2D eigenvalue weighted by atomic mass is 10.2. The van der Waals surface area contributed by atoms with Gasteiger partial charge in [0.25, 0.3) is 0 Å². The Kier molecular flexibility index (Phi) is 4.28. The predicted octanol–water partition coefficient (Wildman–Crippen LogP) is 2.51. The van der Waals surface area contributed by atoms with Crippen molar-refractivity contribution in [1.29, 1.82) is 0 Å². The number of aliphatic hydroxyl groups is 1. The molecule has 0 unspecified atom stereocenters. The number of aromatic nitrogens is 1. The van der Waals surface area contributed by atoms with Gasteiger partial charge in [-0.05, 0) is 23.8 Å². The van der Waals surface area contributed by atoms with Crippen LogP contribution in [0.15, 0.2) is 42.7 Å². The first kappa shape index (κ1) is 12.5. The molecule has 0 saturated heterocycles. The summed E-state index contributed by atoms with van der Waals surface area (Å²) in [6.45, 7) is 0.465. The van der Waals surface area contributed by atoms with Crippen LogP contribution in [0.2, 0.25) is 0 Å². The smallest absolute Gasteiger partial charge is 0.151 e. The van der Waals surface area contributed by atoms with Crippen LogP contribution in [0.25, 0.3) is 0 Å². The highest BCUT2D eigenvalue weighted by molar-refractivity contribution is 5.36.